The molecule has 1 heterocycles. The van der Waals surface area contributed by atoms with Crippen molar-refractivity contribution in [1.29, 1.82) is 0 Å². The average Bonchev–Trinajstić information content (AvgIpc) is 3.04. The first-order valence-corrected chi connectivity index (χ1v) is 9.46. The summed E-state index contributed by atoms with van der Waals surface area (Å²) < 4.78 is 41.9. The van der Waals surface area contributed by atoms with Gasteiger partial charge in [-0.25, -0.2) is 23.6 Å². The lowest BCUT2D eigenvalue weighted by molar-refractivity contribution is 0.0696. The number of nitrogens with zero attached hydrogens (tertiary/aromatic N) is 3. The highest BCUT2D eigenvalue weighted by Gasteiger charge is 2.21. The number of rotatable bonds is 6. The van der Waals surface area contributed by atoms with Crippen LogP contribution in [0.25, 0.3) is 11.3 Å². The monoisotopic (exact) mass is 439 g/mol. The van der Waals surface area contributed by atoms with E-state index in [1.54, 1.807) is 6.92 Å². The molecule has 0 unspecified atom stereocenters. The number of thiazole rings is 1. The first-order chi connectivity index (χ1) is 13.8. The first kappa shape index (κ1) is 20.8. The van der Waals surface area contributed by atoms with Gasteiger partial charge >= 0.3 is 5.97 Å². The Kier molecular flexibility index (Phi) is 6.19. The summed E-state index contributed by atoms with van der Waals surface area (Å²) >= 11 is 6.63. The Morgan fingerprint density at radius 2 is 2.07 bits per heavy atom. The Hall–Kier alpha value is -2.91. The molecule has 0 fully saturated rings. The average molecular weight is 440 g/mol. The SMILES string of the molecule is CCN(/N=C/c1ccc(F)cc1C(=O)O)c1nc(-c2c(F)cccc2Cl)c(F)s1. The summed E-state index contributed by atoms with van der Waals surface area (Å²) in [4.78, 5) is 15.4. The Labute approximate surface area is 172 Å². The quantitative estimate of drug-likeness (QED) is 0.410. The number of aromatic nitrogens is 1. The fraction of sp³-hybridized carbons (Fsp3) is 0.105. The molecule has 0 amide bonds. The van der Waals surface area contributed by atoms with Gasteiger partial charge < -0.3 is 5.11 Å². The van der Waals surface area contributed by atoms with E-state index in [1.807, 2.05) is 0 Å². The summed E-state index contributed by atoms with van der Waals surface area (Å²) in [6.45, 7) is 1.98. The molecular formula is C19H13ClF3N3O2S. The number of aromatic carboxylic acids is 1. The van der Waals surface area contributed by atoms with Crippen molar-refractivity contribution in [3.8, 4) is 11.3 Å². The van der Waals surface area contributed by atoms with E-state index in [1.165, 1.54) is 29.4 Å². The van der Waals surface area contributed by atoms with Gasteiger partial charge in [0.2, 0.25) is 10.3 Å². The molecule has 5 nitrogen and oxygen atoms in total. The summed E-state index contributed by atoms with van der Waals surface area (Å²) in [5.74, 6) is -2.72. The molecule has 0 bridgehead atoms. The molecule has 3 aromatic rings. The second-order valence-electron chi connectivity index (χ2n) is 5.71. The van der Waals surface area contributed by atoms with E-state index in [0.29, 0.717) is 11.3 Å². The number of carbonyl (C=O) groups is 1. The summed E-state index contributed by atoms with van der Waals surface area (Å²) in [7, 11) is 0. The lowest BCUT2D eigenvalue weighted by Gasteiger charge is -2.12. The summed E-state index contributed by atoms with van der Waals surface area (Å²) in [5, 5.41) is 14.0. The molecule has 3 rings (SSSR count). The molecule has 0 aliphatic heterocycles. The van der Waals surface area contributed by atoms with Crippen molar-refractivity contribution in [2.45, 2.75) is 6.92 Å². The van der Waals surface area contributed by atoms with Crippen LogP contribution in [-0.4, -0.2) is 28.8 Å². The minimum atomic E-state index is -1.31. The van der Waals surface area contributed by atoms with Crippen LogP contribution in [0.3, 0.4) is 0 Å². The lowest BCUT2D eigenvalue weighted by Crippen LogP contribution is -2.16. The number of hydrogen-bond donors (Lipinski definition) is 1. The fourth-order valence-electron chi connectivity index (χ4n) is 2.50. The predicted octanol–water partition coefficient (Wildman–Crippen LogP) is 5.44. The van der Waals surface area contributed by atoms with Gasteiger partial charge in [-0.05, 0) is 37.3 Å². The minimum absolute atomic E-state index is 0.0183. The minimum Gasteiger partial charge on any atom is -0.478 e. The van der Waals surface area contributed by atoms with Crippen LogP contribution in [0.15, 0.2) is 41.5 Å². The molecule has 1 aromatic heterocycles. The maximum Gasteiger partial charge on any atom is 0.336 e. The number of carboxylic acid groups (broad SMARTS) is 1. The second kappa shape index (κ2) is 8.62. The zero-order chi connectivity index (χ0) is 21.1. The van der Waals surface area contributed by atoms with Crippen LogP contribution >= 0.6 is 22.9 Å². The Morgan fingerprint density at radius 3 is 2.72 bits per heavy atom. The second-order valence-corrected chi connectivity index (χ2v) is 7.05. The number of hydrazone groups is 1. The molecule has 0 aliphatic carbocycles. The zero-order valence-electron chi connectivity index (χ0n) is 14.9. The van der Waals surface area contributed by atoms with E-state index >= 15 is 0 Å². The topological polar surface area (TPSA) is 65.8 Å². The lowest BCUT2D eigenvalue weighted by atomic mass is 10.1. The molecule has 0 spiro atoms. The van der Waals surface area contributed by atoms with Gasteiger partial charge in [-0.1, -0.05) is 29.0 Å². The van der Waals surface area contributed by atoms with Gasteiger partial charge in [-0.15, -0.1) is 0 Å². The molecule has 2 aromatic carbocycles. The number of benzene rings is 2. The third-order valence-corrected chi connectivity index (χ3v) is 5.05. The highest BCUT2D eigenvalue weighted by molar-refractivity contribution is 7.14. The summed E-state index contributed by atoms with van der Waals surface area (Å²) in [6, 6.07) is 7.22. The van der Waals surface area contributed by atoms with E-state index in [4.69, 9.17) is 11.6 Å². The van der Waals surface area contributed by atoms with E-state index in [-0.39, 0.29) is 39.1 Å². The molecular weight excluding hydrogens is 427 g/mol. The number of anilines is 1. The van der Waals surface area contributed by atoms with Crippen molar-refractivity contribution in [3.05, 3.63) is 69.3 Å². The van der Waals surface area contributed by atoms with Crippen molar-refractivity contribution in [2.75, 3.05) is 11.6 Å². The van der Waals surface area contributed by atoms with Crippen LogP contribution in [0.5, 0.6) is 0 Å². The fourth-order valence-corrected chi connectivity index (χ4v) is 3.58. The highest BCUT2D eigenvalue weighted by atomic mass is 35.5. The molecule has 29 heavy (non-hydrogen) atoms. The molecule has 0 saturated heterocycles. The van der Waals surface area contributed by atoms with Crippen molar-refractivity contribution in [2.24, 2.45) is 5.10 Å². The molecule has 0 saturated carbocycles. The van der Waals surface area contributed by atoms with Crippen molar-refractivity contribution in [1.82, 2.24) is 4.98 Å². The number of hydrogen-bond acceptors (Lipinski definition) is 5. The molecule has 0 aliphatic rings. The van der Waals surface area contributed by atoms with Crippen molar-refractivity contribution in [3.63, 3.8) is 0 Å². The van der Waals surface area contributed by atoms with Crippen LogP contribution in [-0.2, 0) is 0 Å². The van der Waals surface area contributed by atoms with Gasteiger partial charge in [0.05, 0.1) is 22.4 Å². The maximum absolute atomic E-state index is 14.5. The van der Waals surface area contributed by atoms with Gasteiger partial charge in [-0.2, -0.15) is 9.49 Å². The van der Waals surface area contributed by atoms with E-state index in [2.05, 4.69) is 10.1 Å². The third kappa shape index (κ3) is 4.41. The van der Waals surface area contributed by atoms with Crippen molar-refractivity contribution < 1.29 is 23.1 Å². The molecule has 0 atom stereocenters. The predicted molar refractivity (Wildman–Crippen MR) is 106 cm³/mol. The molecule has 150 valence electrons. The smallest absolute Gasteiger partial charge is 0.336 e. The van der Waals surface area contributed by atoms with E-state index in [9.17, 15) is 23.1 Å². The van der Waals surface area contributed by atoms with Crippen LogP contribution in [0.2, 0.25) is 5.02 Å². The molecule has 0 radical (unpaired) electrons. The third-order valence-electron chi connectivity index (χ3n) is 3.88. The summed E-state index contributed by atoms with van der Waals surface area (Å²) in [6.07, 6.45) is 1.21. The van der Waals surface area contributed by atoms with Gasteiger partial charge in [0.25, 0.3) is 0 Å². The maximum atomic E-state index is 14.5. The van der Waals surface area contributed by atoms with Crippen LogP contribution in [0.1, 0.15) is 22.8 Å². The largest absolute Gasteiger partial charge is 0.478 e. The van der Waals surface area contributed by atoms with E-state index < -0.39 is 22.7 Å². The number of halogens is 4. The molecule has 1 N–H and O–H groups in total. The Bertz CT molecular complexity index is 1080. The highest BCUT2D eigenvalue weighted by Crippen LogP contribution is 2.36. The van der Waals surface area contributed by atoms with Gasteiger partial charge in [0.1, 0.15) is 17.3 Å². The van der Waals surface area contributed by atoms with Crippen molar-refractivity contribution >= 4 is 40.3 Å². The van der Waals surface area contributed by atoms with Crippen LogP contribution < -0.4 is 5.01 Å². The Morgan fingerprint density at radius 1 is 1.31 bits per heavy atom. The zero-order valence-corrected chi connectivity index (χ0v) is 16.4. The first-order valence-electron chi connectivity index (χ1n) is 8.26. The molecule has 10 heteroatoms. The van der Waals surface area contributed by atoms with Crippen LogP contribution in [0.4, 0.5) is 18.3 Å². The summed E-state index contributed by atoms with van der Waals surface area (Å²) in [5.41, 5.74) is -0.503. The van der Waals surface area contributed by atoms with Gasteiger partial charge in [-0.3, -0.25) is 0 Å². The normalized spacial score (nSPS) is 11.2. The Balaban J connectivity index is 1.97. The van der Waals surface area contributed by atoms with Gasteiger partial charge in [0, 0.05) is 12.1 Å². The van der Waals surface area contributed by atoms with Crippen LogP contribution in [0, 0.1) is 16.8 Å². The van der Waals surface area contributed by atoms with Gasteiger partial charge in [0.15, 0.2) is 0 Å². The number of carboxylic acids is 1. The standard InChI is InChI=1S/C19H13ClF3N3O2S/c1-2-26(24-9-10-6-7-11(21)8-12(10)18(27)28)19-25-16(17(23)29-19)15-13(20)4-3-5-14(15)22/h3-9H,2H2,1H3,(H,27,28)/b24-9+. The van der Waals surface area contributed by atoms with E-state index in [0.717, 1.165) is 18.2 Å².